The summed E-state index contributed by atoms with van der Waals surface area (Å²) in [6.07, 6.45) is 0. The maximum Gasteiger partial charge on any atom is 0.250 e. The second kappa shape index (κ2) is 5.14. The van der Waals surface area contributed by atoms with Crippen molar-refractivity contribution in [2.75, 3.05) is 13.2 Å². The van der Waals surface area contributed by atoms with Gasteiger partial charge in [-0.25, -0.2) is 13.1 Å². The summed E-state index contributed by atoms with van der Waals surface area (Å²) in [6.45, 7) is 1.54. The number of hydrogen-bond acceptors (Lipinski definition) is 4. The number of rotatable bonds is 4. The summed E-state index contributed by atoms with van der Waals surface area (Å²) >= 11 is 7.10. The number of aryl methyl sites for hydroxylation is 1. The van der Waals surface area contributed by atoms with Crippen LogP contribution in [-0.4, -0.2) is 26.7 Å². The Morgan fingerprint density at radius 3 is 2.83 bits per heavy atom. The smallest absolute Gasteiger partial charge is 0.250 e. The molecule has 0 spiro atoms. The fraction of sp³-hybridized carbons (Fsp3) is 0.273. The summed E-state index contributed by atoms with van der Waals surface area (Å²) in [4.78, 5) is 0. The van der Waals surface area contributed by atoms with Crippen molar-refractivity contribution in [2.45, 2.75) is 11.1 Å². The molecule has 1 aromatic heterocycles. The van der Waals surface area contributed by atoms with Gasteiger partial charge in [-0.3, -0.25) is 0 Å². The molecule has 0 aliphatic carbocycles. The van der Waals surface area contributed by atoms with Gasteiger partial charge in [-0.15, -0.1) is 11.3 Å². The first-order valence-electron chi connectivity index (χ1n) is 5.25. The standard InChI is InChI=1S/C11H12ClNO3S2/c1-7-9-6-8(12)2-3-10(9)17-11(7)18(15,16)13-4-5-14/h2-3,6,13-14H,4-5H2,1H3. The molecule has 0 fully saturated rings. The first-order valence-corrected chi connectivity index (χ1v) is 7.92. The van der Waals surface area contributed by atoms with Crippen LogP contribution < -0.4 is 4.72 Å². The Hall–Kier alpha value is -0.660. The molecule has 0 atom stereocenters. The molecule has 1 aromatic carbocycles. The average Bonchev–Trinajstić information content (AvgIpc) is 2.65. The number of fused-ring (bicyclic) bond motifs is 1. The molecule has 4 nitrogen and oxygen atoms in total. The summed E-state index contributed by atoms with van der Waals surface area (Å²) in [5, 5.41) is 10.1. The molecule has 0 saturated carbocycles. The molecule has 2 N–H and O–H groups in total. The maximum absolute atomic E-state index is 12.0. The number of aliphatic hydroxyl groups is 1. The molecule has 0 saturated heterocycles. The highest BCUT2D eigenvalue weighted by atomic mass is 35.5. The summed E-state index contributed by atoms with van der Waals surface area (Å²) in [5.41, 5.74) is 0.683. The van der Waals surface area contributed by atoms with Crippen molar-refractivity contribution < 1.29 is 13.5 Å². The van der Waals surface area contributed by atoms with Crippen molar-refractivity contribution in [3.05, 3.63) is 28.8 Å². The Morgan fingerprint density at radius 2 is 2.17 bits per heavy atom. The van der Waals surface area contributed by atoms with Crippen LogP contribution in [-0.2, 0) is 10.0 Å². The Bertz CT molecular complexity index is 679. The number of halogens is 1. The summed E-state index contributed by atoms with van der Waals surface area (Å²) in [5.74, 6) is 0. The molecular formula is C11H12ClNO3S2. The number of thiophene rings is 1. The third-order valence-corrected chi connectivity index (χ3v) is 6.09. The summed E-state index contributed by atoms with van der Waals surface area (Å²) in [6, 6.07) is 5.30. The van der Waals surface area contributed by atoms with Gasteiger partial charge < -0.3 is 5.11 Å². The second-order valence-electron chi connectivity index (χ2n) is 3.78. The highest BCUT2D eigenvalue weighted by molar-refractivity contribution is 7.91. The molecule has 2 rings (SSSR count). The lowest BCUT2D eigenvalue weighted by Gasteiger charge is -2.03. The van der Waals surface area contributed by atoms with Gasteiger partial charge in [-0.1, -0.05) is 11.6 Å². The summed E-state index contributed by atoms with van der Waals surface area (Å²) < 4.78 is 27.5. The van der Waals surface area contributed by atoms with Crippen molar-refractivity contribution in [3.63, 3.8) is 0 Å². The lowest BCUT2D eigenvalue weighted by atomic mass is 10.2. The van der Waals surface area contributed by atoms with E-state index in [2.05, 4.69) is 4.72 Å². The largest absolute Gasteiger partial charge is 0.395 e. The third-order valence-electron chi connectivity index (χ3n) is 2.50. The predicted octanol–water partition coefficient (Wildman–Crippen LogP) is 2.13. The minimum atomic E-state index is -3.56. The Labute approximate surface area is 114 Å². The summed E-state index contributed by atoms with van der Waals surface area (Å²) in [7, 11) is -3.56. The van der Waals surface area contributed by atoms with Crippen LogP contribution in [0.15, 0.2) is 22.4 Å². The lowest BCUT2D eigenvalue weighted by molar-refractivity contribution is 0.301. The molecule has 2 aromatic rings. The minimum absolute atomic E-state index is 0.0107. The van der Waals surface area contributed by atoms with Crippen molar-refractivity contribution >= 4 is 43.0 Å². The molecule has 0 aliphatic rings. The van der Waals surface area contributed by atoms with Gasteiger partial charge in [0.15, 0.2) is 0 Å². The normalized spacial score (nSPS) is 12.2. The fourth-order valence-electron chi connectivity index (χ4n) is 1.67. The first kappa shape index (κ1) is 13.8. The van der Waals surface area contributed by atoms with Gasteiger partial charge >= 0.3 is 0 Å². The van der Waals surface area contributed by atoms with Gasteiger partial charge in [-0.05, 0) is 36.1 Å². The zero-order valence-corrected chi connectivity index (χ0v) is 12.0. The maximum atomic E-state index is 12.0. The highest BCUT2D eigenvalue weighted by Gasteiger charge is 2.21. The van der Waals surface area contributed by atoms with Crippen LogP contribution in [0.2, 0.25) is 5.02 Å². The van der Waals surface area contributed by atoms with E-state index in [1.54, 1.807) is 25.1 Å². The second-order valence-corrected chi connectivity index (χ2v) is 7.23. The van der Waals surface area contributed by atoms with E-state index in [1.165, 1.54) is 11.3 Å². The van der Waals surface area contributed by atoms with Crippen LogP contribution in [0, 0.1) is 6.92 Å². The van der Waals surface area contributed by atoms with Crippen LogP contribution in [0.1, 0.15) is 5.56 Å². The van der Waals surface area contributed by atoms with Crippen molar-refractivity contribution in [3.8, 4) is 0 Å². The van der Waals surface area contributed by atoms with Gasteiger partial charge in [0.25, 0.3) is 0 Å². The molecule has 7 heteroatoms. The van der Waals surface area contributed by atoms with Crippen molar-refractivity contribution in [1.82, 2.24) is 4.72 Å². The van der Waals surface area contributed by atoms with Gasteiger partial charge in [0.05, 0.1) is 6.61 Å². The first-order chi connectivity index (χ1) is 8.45. The zero-order chi connectivity index (χ0) is 13.3. The van der Waals surface area contributed by atoms with Crippen LogP contribution >= 0.6 is 22.9 Å². The average molecular weight is 306 g/mol. The zero-order valence-electron chi connectivity index (χ0n) is 9.60. The van der Waals surface area contributed by atoms with Crippen LogP contribution in [0.5, 0.6) is 0 Å². The van der Waals surface area contributed by atoms with Crippen molar-refractivity contribution in [1.29, 1.82) is 0 Å². The van der Waals surface area contributed by atoms with E-state index in [9.17, 15) is 8.42 Å². The van der Waals surface area contributed by atoms with E-state index in [0.717, 1.165) is 10.1 Å². The van der Waals surface area contributed by atoms with Gasteiger partial charge in [0, 0.05) is 16.3 Å². The van der Waals surface area contributed by atoms with Crippen molar-refractivity contribution in [2.24, 2.45) is 0 Å². The molecule has 0 unspecified atom stereocenters. The van der Waals surface area contributed by atoms with E-state index in [-0.39, 0.29) is 17.4 Å². The van der Waals surface area contributed by atoms with E-state index in [0.29, 0.717) is 10.6 Å². The Balaban J connectivity index is 2.55. The number of sulfonamides is 1. The predicted molar refractivity (Wildman–Crippen MR) is 73.8 cm³/mol. The molecule has 0 radical (unpaired) electrons. The van der Waals surface area contributed by atoms with Crippen LogP contribution in [0.4, 0.5) is 0 Å². The fourth-order valence-corrected chi connectivity index (χ4v) is 4.65. The van der Waals surface area contributed by atoms with Crippen LogP contribution in [0.25, 0.3) is 10.1 Å². The number of hydrogen-bond donors (Lipinski definition) is 2. The molecule has 0 amide bonds. The topological polar surface area (TPSA) is 66.4 Å². The van der Waals surface area contributed by atoms with E-state index in [1.807, 2.05) is 0 Å². The number of nitrogens with one attached hydrogen (secondary N) is 1. The quantitative estimate of drug-likeness (QED) is 0.909. The SMILES string of the molecule is Cc1c(S(=O)(=O)NCCO)sc2ccc(Cl)cc12. The molecule has 0 bridgehead atoms. The highest BCUT2D eigenvalue weighted by Crippen LogP contribution is 2.35. The van der Waals surface area contributed by atoms with Gasteiger partial charge in [0.2, 0.25) is 10.0 Å². The monoisotopic (exact) mass is 305 g/mol. The van der Waals surface area contributed by atoms with Gasteiger partial charge in [-0.2, -0.15) is 0 Å². The van der Waals surface area contributed by atoms with Gasteiger partial charge in [0.1, 0.15) is 4.21 Å². The molecule has 0 aliphatic heterocycles. The van der Waals surface area contributed by atoms with Crippen LogP contribution in [0.3, 0.4) is 0 Å². The molecule has 18 heavy (non-hydrogen) atoms. The van der Waals surface area contributed by atoms with E-state index >= 15 is 0 Å². The van der Waals surface area contributed by atoms with E-state index < -0.39 is 10.0 Å². The molecular weight excluding hydrogens is 294 g/mol. The number of benzene rings is 1. The third kappa shape index (κ3) is 2.53. The molecule has 1 heterocycles. The molecule has 98 valence electrons. The minimum Gasteiger partial charge on any atom is -0.395 e. The van der Waals surface area contributed by atoms with E-state index in [4.69, 9.17) is 16.7 Å². The number of aliphatic hydroxyl groups excluding tert-OH is 1. The Morgan fingerprint density at radius 1 is 1.44 bits per heavy atom. The Kier molecular flexibility index (Phi) is 3.93. The lowest BCUT2D eigenvalue weighted by Crippen LogP contribution is -2.26.